The number of ether oxygens (including phenoxy) is 1. The van der Waals surface area contributed by atoms with Crippen molar-refractivity contribution >= 4 is 11.7 Å². The van der Waals surface area contributed by atoms with Crippen LogP contribution in [0.2, 0.25) is 0 Å². The Hall–Kier alpha value is -2.50. The van der Waals surface area contributed by atoms with Crippen molar-refractivity contribution in [3.63, 3.8) is 0 Å². The summed E-state index contributed by atoms with van der Waals surface area (Å²) < 4.78 is 43.4. The minimum Gasteiger partial charge on any atom is -0.463 e. The molecule has 1 aliphatic rings. The molecule has 0 fully saturated rings. The zero-order valence-electron chi connectivity index (χ0n) is 13.8. The summed E-state index contributed by atoms with van der Waals surface area (Å²) in [5.74, 6) is 0.0932. The quantitative estimate of drug-likeness (QED) is 0.837. The minimum atomic E-state index is -4.30. The van der Waals surface area contributed by atoms with Crippen molar-refractivity contribution < 1.29 is 17.9 Å². The number of anilines is 1. The molecule has 0 saturated carbocycles. The number of rotatable bonds is 4. The Bertz CT molecular complexity index is 727. The van der Waals surface area contributed by atoms with Gasteiger partial charge in [0.25, 0.3) is 6.02 Å². The molecule has 1 N–H and O–H groups in total. The van der Waals surface area contributed by atoms with Gasteiger partial charge in [-0.25, -0.2) is 4.99 Å². The summed E-state index contributed by atoms with van der Waals surface area (Å²) in [4.78, 5) is 4.51. The maximum atomic E-state index is 12.6. The molecular weight excluding hydrogens is 329 g/mol. The highest BCUT2D eigenvalue weighted by molar-refractivity contribution is 5.89. The Morgan fingerprint density at radius 1 is 1.12 bits per heavy atom. The highest BCUT2D eigenvalue weighted by atomic mass is 19.4. The second-order valence-electron chi connectivity index (χ2n) is 6.15. The number of alkyl halides is 3. The zero-order chi connectivity index (χ0) is 17.9. The van der Waals surface area contributed by atoms with Gasteiger partial charge in [0.1, 0.15) is 6.61 Å². The van der Waals surface area contributed by atoms with E-state index in [2.05, 4.69) is 10.3 Å². The van der Waals surface area contributed by atoms with Crippen molar-refractivity contribution in [1.82, 2.24) is 0 Å². The number of hydrogen-bond acceptors (Lipinski definition) is 3. The van der Waals surface area contributed by atoms with E-state index in [1.165, 1.54) is 12.1 Å². The average molecular weight is 348 g/mol. The van der Waals surface area contributed by atoms with Crippen LogP contribution in [0.3, 0.4) is 0 Å². The van der Waals surface area contributed by atoms with E-state index < -0.39 is 11.7 Å². The second kappa shape index (κ2) is 7.17. The molecule has 0 aromatic heterocycles. The molecule has 0 saturated heterocycles. The van der Waals surface area contributed by atoms with Gasteiger partial charge in [-0.1, -0.05) is 37.3 Å². The van der Waals surface area contributed by atoms with Crippen LogP contribution < -0.4 is 5.32 Å². The number of aliphatic imine (C=N–C) groups is 1. The number of hydrogen-bond donors (Lipinski definition) is 1. The topological polar surface area (TPSA) is 33.6 Å². The van der Waals surface area contributed by atoms with Crippen LogP contribution in [0.15, 0.2) is 59.6 Å². The minimum absolute atomic E-state index is 0.0106. The number of halogens is 3. The summed E-state index contributed by atoms with van der Waals surface area (Å²) in [6.07, 6.45) is -3.59. The first-order valence-corrected chi connectivity index (χ1v) is 8.11. The van der Waals surface area contributed by atoms with Crippen molar-refractivity contribution in [1.29, 1.82) is 0 Å². The zero-order valence-corrected chi connectivity index (χ0v) is 13.8. The van der Waals surface area contributed by atoms with Crippen LogP contribution >= 0.6 is 0 Å². The summed E-state index contributed by atoms with van der Waals surface area (Å²) in [5.41, 5.74) is 1.14. The molecule has 25 heavy (non-hydrogen) atoms. The van der Waals surface area contributed by atoms with Crippen molar-refractivity contribution in [2.24, 2.45) is 4.99 Å². The maximum absolute atomic E-state index is 12.6. The predicted octanol–water partition coefficient (Wildman–Crippen LogP) is 5.07. The fraction of sp³-hybridized carbons (Fsp3) is 0.316. The van der Waals surface area contributed by atoms with Gasteiger partial charge in [-0.15, -0.1) is 0 Å². The molecule has 0 aliphatic carbocycles. The number of nitrogens with zero attached hydrogens (tertiary/aromatic N) is 1. The lowest BCUT2D eigenvalue weighted by Crippen LogP contribution is -2.12. The Morgan fingerprint density at radius 3 is 2.44 bits per heavy atom. The number of nitrogens with one attached hydrogen (secondary N) is 1. The van der Waals surface area contributed by atoms with Gasteiger partial charge in [0.2, 0.25) is 0 Å². The Labute approximate surface area is 144 Å². The number of amidine groups is 1. The number of benzene rings is 2. The highest BCUT2D eigenvalue weighted by Crippen LogP contribution is 2.31. The van der Waals surface area contributed by atoms with E-state index in [1.807, 2.05) is 37.3 Å². The second-order valence-corrected chi connectivity index (χ2v) is 6.15. The van der Waals surface area contributed by atoms with Crippen LogP contribution in [-0.4, -0.2) is 18.7 Å². The van der Waals surface area contributed by atoms with E-state index >= 15 is 0 Å². The van der Waals surface area contributed by atoms with Gasteiger partial charge in [0, 0.05) is 5.69 Å². The monoisotopic (exact) mass is 348 g/mol. The first-order chi connectivity index (χ1) is 11.9. The van der Waals surface area contributed by atoms with Gasteiger partial charge in [0.15, 0.2) is 0 Å². The highest BCUT2D eigenvalue weighted by Gasteiger charge is 2.30. The van der Waals surface area contributed by atoms with Gasteiger partial charge in [0.05, 0.1) is 11.6 Å². The van der Waals surface area contributed by atoms with Crippen molar-refractivity contribution in [3.05, 3.63) is 65.7 Å². The lowest BCUT2D eigenvalue weighted by molar-refractivity contribution is -0.137. The first-order valence-electron chi connectivity index (χ1n) is 8.11. The smallest absolute Gasteiger partial charge is 0.416 e. The largest absolute Gasteiger partial charge is 0.463 e. The van der Waals surface area contributed by atoms with E-state index in [1.54, 1.807) is 0 Å². The molecule has 2 aromatic rings. The van der Waals surface area contributed by atoms with Crippen LogP contribution in [0.1, 0.15) is 30.4 Å². The van der Waals surface area contributed by atoms with E-state index in [0.717, 1.165) is 23.4 Å². The van der Waals surface area contributed by atoms with Gasteiger partial charge < -0.3 is 10.1 Å². The molecule has 2 atom stereocenters. The molecule has 132 valence electrons. The van der Waals surface area contributed by atoms with Crippen LogP contribution in [0.4, 0.5) is 18.9 Å². The van der Waals surface area contributed by atoms with Gasteiger partial charge >= 0.3 is 6.18 Å². The van der Waals surface area contributed by atoms with Crippen LogP contribution in [0.5, 0.6) is 0 Å². The van der Waals surface area contributed by atoms with E-state index in [9.17, 15) is 13.2 Å². The Balaban J connectivity index is 1.59. The summed E-state index contributed by atoms with van der Waals surface area (Å²) in [6, 6.07) is 15.4. The normalized spacial score (nSPS) is 18.4. The van der Waals surface area contributed by atoms with Gasteiger partial charge in [-0.3, -0.25) is 0 Å². The Kier molecular flexibility index (Phi) is 4.97. The Morgan fingerprint density at radius 2 is 1.80 bits per heavy atom. The molecule has 1 aliphatic heterocycles. The standard InChI is InChI=1S/C19H19F3N2O/c1-13(14-7-9-15(10-8-14)19(20,21)22)11-17-12-25-18(24-17)23-16-5-3-2-4-6-16/h2-10,13,17H,11-12H2,1H3,(H,23,24). The van der Waals surface area contributed by atoms with E-state index in [4.69, 9.17) is 4.74 Å². The molecule has 0 spiro atoms. The van der Waals surface area contributed by atoms with E-state index in [-0.39, 0.29) is 12.0 Å². The third kappa shape index (κ3) is 4.53. The summed E-state index contributed by atoms with van der Waals surface area (Å²) >= 11 is 0. The third-order valence-electron chi connectivity index (χ3n) is 4.17. The molecule has 2 aromatic carbocycles. The summed E-state index contributed by atoms with van der Waals surface area (Å²) in [6.45, 7) is 2.46. The fourth-order valence-electron chi connectivity index (χ4n) is 2.79. The average Bonchev–Trinajstić information content (AvgIpc) is 3.02. The lowest BCUT2D eigenvalue weighted by Gasteiger charge is -2.15. The molecule has 3 rings (SSSR count). The van der Waals surface area contributed by atoms with Crippen LogP contribution in [0.25, 0.3) is 0 Å². The lowest BCUT2D eigenvalue weighted by atomic mass is 9.93. The molecule has 1 heterocycles. The summed E-state index contributed by atoms with van der Waals surface area (Å²) in [5, 5.41) is 3.11. The first kappa shape index (κ1) is 17.3. The van der Waals surface area contributed by atoms with Gasteiger partial charge in [-0.05, 0) is 42.2 Å². The van der Waals surface area contributed by atoms with E-state index in [0.29, 0.717) is 19.0 Å². The van der Waals surface area contributed by atoms with Crippen LogP contribution in [0, 0.1) is 0 Å². The van der Waals surface area contributed by atoms with Crippen LogP contribution in [-0.2, 0) is 10.9 Å². The maximum Gasteiger partial charge on any atom is 0.416 e. The van der Waals surface area contributed by atoms with Gasteiger partial charge in [-0.2, -0.15) is 13.2 Å². The number of para-hydroxylation sites is 1. The third-order valence-corrected chi connectivity index (χ3v) is 4.17. The SMILES string of the molecule is CC(CC1COC(Nc2ccccc2)=N1)c1ccc(C(F)(F)F)cc1. The molecule has 6 heteroatoms. The fourth-order valence-corrected chi connectivity index (χ4v) is 2.79. The van der Waals surface area contributed by atoms with Crippen molar-refractivity contribution in [2.75, 3.05) is 11.9 Å². The predicted molar refractivity (Wildman–Crippen MR) is 91.7 cm³/mol. The molecule has 3 nitrogen and oxygen atoms in total. The van der Waals surface area contributed by atoms with Crippen molar-refractivity contribution in [3.8, 4) is 0 Å². The molecule has 0 radical (unpaired) electrons. The molecule has 2 unspecified atom stereocenters. The molecule has 0 amide bonds. The summed E-state index contributed by atoms with van der Waals surface area (Å²) in [7, 11) is 0. The molecular formula is C19H19F3N2O. The van der Waals surface area contributed by atoms with Crippen molar-refractivity contribution in [2.45, 2.75) is 31.5 Å². The molecule has 0 bridgehead atoms.